The molecule has 23 heavy (non-hydrogen) atoms. The Morgan fingerprint density at radius 2 is 2.13 bits per heavy atom. The molecule has 2 rings (SSSR count). The van der Waals surface area contributed by atoms with E-state index < -0.39 is 6.10 Å². The van der Waals surface area contributed by atoms with Crippen LogP contribution in [-0.4, -0.2) is 35.5 Å². The van der Waals surface area contributed by atoms with E-state index in [1.165, 1.54) is 13.5 Å². The molecule has 0 aromatic carbocycles. The fourth-order valence-electron chi connectivity index (χ4n) is 5.26. The summed E-state index contributed by atoms with van der Waals surface area (Å²) in [6.07, 6.45) is 5.71. The van der Waals surface area contributed by atoms with Gasteiger partial charge in [0.05, 0.1) is 19.3 Å². The lowest BCUT2D eigenvalue weighted by Crippen LogP contribution is -2.41. The average Bonchev–Trinajstić information content (AvgIpc) is 2.85. The average molecular weight is 322 g/mol. The summed E-state index contributed by atoms with van der Waals surface area (Å²) < 4.78 is 5.04. The van der Waals surface area contributed by atoms with Gasteiger partial charge in [0.1, 0.15) is 0 Å². The minimum atomic E-state index is -0.544. The molecule has 0 amide bonds. The zero-order valence-electron chi connectivity index (χ0n) is 14.5. The van der Waals surface area contributed by atoms with Gasteiger partial charge in [-0.3, -0.25) is 0 Å². The first-order valence-electron chi connectivity index (χ1n) is 8.81. The van der Waals surface area contributed by atoms with E-state index in [0.717, 1.165) is 25.7 Å². The first-order valence-corrected chi connectivity index (χ1v) is 8.81. The van der Waals surface area contributed by atoms with Gasteiger partial charge in [0.25, 0.3) is 0 Å². The second kappa shape index (κ2) is 7.68. The fourth-order valence-corrected chi connectivity index (χ4v) is 5.26. The lowest BCUT2D eigenvalue weighted by atomic mass is 9.61. The Hall–Kier alpha value is -1.05. The third-order valence-corrected chi connectivity index (χ3v) is 6.35. The predicted molar refractivity (Wildman–Crippen MR) is 88.3 cm³/mol. The van der Waals surface area contributed by atoms with Crippen molar-refractivity contribution in [1.82, 2.24) is 0 Å². The molecule has 0 saturated heterocycles. The monoisotopic (exact) mass is 322 g/mol. The molecule has 2 aliphatic carbocycles. The Morgan fingerprint density at radius 3 is 2.78 bits per heavy atom. The smallest absolute Gasteiger partial charge is 0.180 e. The zero-order chi connectivity index (χ0) is 17.0. The highest BCUT2D eigenvalue weighted by Gasteiger charge is 2.52. The molecule has 0 bridgehead atoms. The molecule has 6 atom stereocenters. The van der Waals surface area contributed by atoms with Gasteiger partial charge < -0.3 is 14.9 Å². The summed E-state index contributed by atoms with van der Waals surface area (Å²) in [5, 5.41) is 20.6. The number of aliphatic hydroxyl groups excluding tert-OH is 2. The SMILES string of the molecule is COC(=C=C=O)C[C@@H](O)C[C@@H](C)[C@H]1CCC2C(O)CCC[C@@]21C. The quantitative estimate of drug-likeness (QED) is 0.448. The van der Waals surface area contributed by atoms with Crippen LogP contribution in [0.3, 0.4) is 0 Å². The van der Waals surface area contributed by atoms with Crippen LogP contribution in [0.2, 0.25) is 0 Å². The summed E-state index contributed by atoms with van der Waals surface area (Å²) in [7, 11) is 1.47. The Bertz CT molecular complexity index is 490. The van der Waals surface area contributed by atoms with E-state index in [0.29, 0.717) is 36.4 Å². The van der Waals surface area contributed by atoms with Crippen LogP contribution in [0.25, 0.3) is 0 Å². The maximum atomic E-state index is 10.4. The lowest BCUT2D eigenvalue weighted by molar-refractivity contribution is -0.0316. The van der Waals surface area contributed by atoms with Crippen LogP contribution < -0.4 is 0 Å². The Morgan fingerprint density at radius 1 is 1.39 bits per heavy atom. The number of methoxy groups -OCH3 is 1. The third kappa shape index (κ3) is 3.89. The highest BCUT2D eigenvalue weighted by molar-refractivity contribution is 5.44. The van der Waals surface area contributed by atoms with E-state index in [4.69, 9.17) is 4.74 Å². The molecule has 0 aliphatic heterocycles. The fraction of sp³-hybridized carbons (Fsp3) is 0.842. The lowest BCUT2D eigenvalue weighted by Gasteiger charge is -2.45. The maximum Gasteiger partial charge on any atom is 0.180 e. The zero-order valence-corrected chi connectivity index (χ0v) is 14.5. The molecule has 4 nitrogen and oxygen atoms in total. The molecule has 0 radical (unpaired) electrons. The van der Waals surface area contributed by atoms with Gasteiger partial charge in [-0.05, 0) is 55.3 Å². The first kappa shape index (κ1) is 18.3. The van der Waals surface area contributed by atoms with Gasteiger partial charge in [-0.25, -0.2) is 4.79 Å². The molecule has 0 aromatic heterocycles. The van der Waals surface area contributed by atoms with E-state index in [9.17, 15) is 15.0 Å². The van der Waals surface area contributed by atoms with Crippen molar-refractivity contribution >= 4 is 5.94 Å². The molecule has 130 valence electrons. The molecule has 0 spiro atoms. The molecule has 2 fully saturated rings. The molecule has 2 aliphatic rings. The number of hydrogen-bond acceptors (Lipinski definition) is 4. The van der Waals surface area contributed by atoms with Crippen molar-refractivity contribution in [3.8, 4) is 0 Å². The number of hydrogen-bond donors (Lipinski definition) is 2. The van der Waals surface area contributed by atoms with E-state index >= 15 is 0 Å². The van der Waals surface area contributed by atoms with Crippen molar-refractivity contribution < 1.29 is 19.7 Å². The minimum absolute atomic E-state index is 0.156. The van der Waals surface area contributed by atoms with E-state index in [1.54, 1.807) is 5.94 Å². The van der Waals surface area contributed by atoms with E-state index in [-0.39, 0.29) is 11.5 Å². The van der Waals surface area contributed by atoms with Crippen LogP contribution in [0.4, 0.5) is 0 Å². The summed E-state index contributed by atoms with van der Waals surface area (Å²) in [4.78, 5) is 10.4. The molecule has 2 unspecified atom stereocenters. The van der Waals surface area contributed by atoms with Gasteiger partial charge in [0.2, 0.25) is 0 Å². The van der Waals surface area contributed by atoms with Gasteiger partial charge in [-0.15, -0.1) is 0 Å². The van der Waals surface area contributed by atoms with Gasteiger partial charge in [-0.2, -0.15) is 0 Å². The summed E-state index contributed by atoms with van der Waals surface area (Å²) >= 11 is 0. The van der Waals surface area contributed by atoms with Crippen molar-refractivity contribution in [2.24, 2.45) is 23.2 Å². The van der Waals surface area contributed by atoms with Crippen LogP contribution in [0, 0.1) is 23.2 Å². The normalized spacial score (nSPS) is 35.6. The van der Waals surface area contributed by atoms with Crippen molar-refractivity contribution in [2.45, 2.75) is 71.0 Å². The molecular formula is C19H30O4. The standard InChI is InChI=1S/C19H30O4/c1-13(11-14(21)12-15(23-3)8-10-20)16-6-7-17-18(22)5-4-9-19(16,17)2/h13-14,16-18,21-22H,4-7,9,11-12H2,1-3H3/t13-,14+,16-,17?,18?,19-/m1/s1. The maximum absolute atomic E-state index is 10.4. The summed E-state index contributed by atoms with van der Waals surface area (Å²) in [5.74, 6) is 3.25. The van der Waals surface area contributed by atoms with Crippen LogP contribution in [0.15, 0.2) is 11.5 Å². The number of aliphatic hydroxyl groups is 2. The number of fused-ring (bicyclic) bond motifs is 1. The van der Waals surface area contributed by atoms with Gasteiger partial charge in [0, 0.05) is 12.2 Å². The minimum Gasteiger partial charge on any atom is -0.492 e. The van der Waals surface area contributed by atoms with Crippen LogP contribution in [0.1, 0.15) is 58.8 Å². The third-order valence-electron chi connectivity index (χ3n) is 6.35. The predicted octanol–water partition coefficient (Wildman–Crippen LogP) is 2.86. The molecule has 2 saturated carbocycles. The molecule has 2 N–H and O–H groups in total. The van der Waals surface area contributed by atoms with E-state index in [2.05, 4.69) is 19.6 Å². The Kier molecular flexibility index (Phi) is 6.11. The Labute approximate surface area is 139 Å². The first-order chi connectivity index (χ1) is 10.9. The van der Waals surface area contributed by atoms with Gasteiger partial charge >= 0.3 is 0 Å². The van der Waals surface area contributed by atoms with Crippen molar-refractivity contribution in [1.29, 1.82) is 0 Å². The molecule has 0 heterocycles. The van der Waals surface area contributed by atoms with Crippen LogP contribution in [-0.2, 0) is 9.53 Å². The van der Waals surface area contributed by atoms with Gasteiger partial charge in [0.15, 0.2) is 11.7 Å². The molecule has 0 aromatic rings. The van der Waals surface area contributed by atoms with Crippen LogP contribution >= 0.6 is 0 Å². The molecular weight excluding hydrogens is 292 g/mol. The number of rotatable bonds is 6. The topological polar surface area (TPSA) is 66.8 Å². The summed E-state index contributed by atoms with van der Waals surface area (Å²) in [5.41, 5.74) is 2.55. The van der Waals surface area contributed by atoms with Crippen molar-refractivity contribution in [2.75, 3.05) is 7.11 Å². The molecule has 4 heteroatoms. The second-order valence-corrected chi connectivity index (χ2v) is 7.68. The van der Waals surface area contributed by atoms with Crippen LogP contribution in [0.5, 0.6) is 0 Å². The highest BCUT2D eigenvalue weighted by Crippen LogP contribution is 2.58. The van der Waals surface area contributed by atoms with Crippen molar-refractivity contribution in [3.05, 3.63) is 11.5 Å². The summed E-state index contributed by atoms with van der Waals surface area (Å²) in [6, 6.07) is 0. The Balaban J connectivity index is 1.99. The number of carbonyl (C=O) groups excluding carboxylic acids is 1. The second-order valence-electron chi connectivity index (χ2n) is 7.68. The van der Waals surface area contributed by atoms with Crippen molar-refractivity contribution in [3.63, 3.8) is 0 Å². The van der Waals surface area contributed by atoms with Gasteiger partial charge in [-0.1, -0.05) is 20.3 Å². The highest BCUT2D eigenvalue weighted by atomic mass is 16.5. The number of ether oxygens (including phenoxy) is 1. The summed E-state index contributed by atoms with van der Waals surface area (Å²) in [6.45, 7) is 4.53. The van der Waals surface area contributed by atoms with E-state index in [1.807, 2.05) is 0 Å². The largest absolute Gasteiger partial charge is 0.492 e.